The van der Waals surface area contributed by atoms with E-state index in [-0.39, 0.29) is 12.4 Å². The van der Waals surface area contributed by atoms with Crippen molar-refractivity contribution in [3.8, 4) is 5.88 Å². The maximum absolute atomic E-state index is 11.4. The van der Waals surface area contributed by atoms with Crippen LogP contribution in [0.15, 0.2) is 18.6 Å². The van der Waals surface area contributed by atoms with Crippen molar-refractivity contribution >= 4 is 22.9 Å². The Bertz CT molecular complexity index is 668. The number of hydrogen-bond donors (Lipinski definition) is 2. The lowest BCUT2D eigenvalue weighted by Crippen LogP contribution is -2.28. The summed E-state index contributed by atoms with van der Waals surface area (Å²) in [6, 6.07) is 0. The number of aliphatic hydroxyl groups is 1. The maximum atomic E-state index is 11.4. The van der Waals surface area contributed by atoms with Crippen molar-refractivity contribution in [2.45, 2.75) is 32.8 Å². The van der Waals surface area contributed by atoms with E-state index in [1.165, 1.54) is 12.4 Å². The summed E-state index contributed by atoms with van der Waals surface area (Å²) >= 11 is 0. The summed E-state index contributed by atoms with van der Waals surface area (Å²) < 4.78 is 5.58. The van der Waals surface area contributed by atoms with Gasteiger partial charge in [0.15, 0.2) is 5.78 Å². The van der Waals surface area contributed by atoms with E-state index >= 15 is 0 Å². The highest BCUT2D eigenvalue weighted by molar-refractivity contribution is 5.97. The fourth-order valence-electron chi connectivity index (χ4n) is 1.74. The predicted molar refractivity (Wildman–Crippen MR) is 80.0 cm³/mol. The molecule has 6 nitrogen and oxygen atoms in total. The number of nitrogens with one attached hydrogen (secondary N) is 1. The number of carbonyl (C=O) groups is 1. The molecule has 0 unspecified atom stereocenters. The zero-order chi connectivity index (χ0) is 15.5. The van der Waals surface area contributed by atoms with Crippen molar-refractivity contribution in [2.75, 3.05) is 6.61 Å². The molecular weight excluding hydrogens is 270 g/mol. The normalized spacial score (nSPS) is 12.2. The average molecular weight is 289 g/mol. The summed E-state index contributed by atoms with van der Waals surface area (Å²) in [6.07, 6.45) is 6.83. The number of allylic oxidation sites excluding steroid dienone is 1. The molecule has 0 aliphatic heterocycles. The van der Waals surface area contributed by atoms with Gasteiger partial charge in [0.05, 0.1) is 11.0 Å². The molecule has 0 radical (unpaired) electrons. The van der Waals surface area contributed by atoms with Crippen LogP contribution < -0.4 is 4.74 Å². The van der Waals surface area contributed by atoms with Gasteiger partial charge >= 0.3 is 0 Å². The average Bonchev–Trinajstić information content (AvgIpc) is 2.85. The number of rotatable bonds is 6. The number of hydrogen-bond acceptors (Lipinski definition) is 5. The number of nitrogens with zero attached hydrogens (tertiary/aromatic N) is 2. The molecular formula is C15H19N3O3. The van der Waals surface area contributed by atoms with Crippen molar-refractivity contribution in [1.82, 2.24) is 15.0 Å². The molecule has 0 bridgehead atoms. The first-order valence-electron chi connectivity index (χ1n) is 6.79. The Hall–Kier alpha value is -2.21. The second-order valence-electron chi connectivity index (χ2n) is 5.40. The van der Waals surface area contributed by atoms with Crippen molar-refractivity contribution in [2.24, 2.45) is 0 Å². The third-order valence-electron chi connectivity index (χ3n) is 2.82. The molecule has 0 spiro atoms. The molecule has 0 aliphatic carbocycles. The lowest BCUT2D eigenvalue weighted by atomic mass is 10.1. The number of carbonyl (C=O) groups excluding carboxylic acids is 1. The molecule has 112 valence electrons. The topological polar surface area (TPSA) is 88.1 Å². The van der Waals surface area contributed by atoms with Gasteiger partial charge in [-0.25, -0.2) is 9.97 Å². The Balaban J connectivity index is 2.35. The molecule has 0 fully saturated rings. The lowest BCUT2D eigenvalue weighted by Gasteiger charge is -2.17. The summed E-state index contributed by atoms with van der Waals surface area (Å²) in [5, 5.41) is 10.4. The summed E-state index contributed by atoms with van der Waals surface area (Å²) in [6.45, 7) is 5.23. The fourth-order valence-corrected chi connectivity index (χ4v) is 1.74. The second-order valence-corrected chi connectivity index (χ2v) is 5.40. The largest absolute Gasteiger partial charge is 0.474 e. The van der Waals surface area contributed by atoms with Crippen LogP contribution in [0.3, 0.4) is 0 Å². The molecule has 0 aromatic carbocycles. The standard InChI is InChI=1S/C15H19N3O3/c1-4-11(19)6-5-10-7-16-13-12(10)14(18-9-17-13)21-8-15(2,3)20/h5-7,9,20H,4,8H2,1-3H3,(H,16,17,18). The lowest BCUT2D eigenvalue weighted by molar-refractivity contribution is -0.114. The minimum atomic E-state index is -0.957. The van der Waals surface area contributed by atoms with Gasteiger partial charge in [-0.2, -0.15) is 0 Å². The molecule has 0 aliphatic rings. The highest BCUT2D eigenvalue weighted by Gasteiger charge is 2.17. The van der Waals surface area contributed by atoms with Crippen LogP contribution in [-0.2, 0) is 4.79 Å². The van der Waals surface area contributed by atoms with Crippen LogP contribution in [0.1, 0.15) is 32.8 Å². The van der Waals surface area contributed by atoms with E-state index < -0.39 is 5.60 Å². The summed E-state index contributed by atoms with van der Waals surface area (Å²) in [5.74, 6) is 0.423. The van der Waals surface area contributed by atoms with Crippen LogP contribution in [0.4, 0.5) is 0 Å². The first-order chi connectivity index (χ1) is 9.90. The van der Waals surface area contributed by atoms with Crippen LogP contribution in [0.25, 0.3) is 17.1 Å². The molecule has 2 rings (SSSR count). The van der Waals surface area contributed by atoms with Gasteiger partial charge in [-0.15, -0.1) is 0 Å². The Kier molecular flexibility index (Phi) is 4.37. The molecule has 0 saturated heterocycles. The van der Waals surface area contributed by atoms with E-state index in [0.717, 1.165) is 5.56 Å². The van der Waals surface area contributed by atoms with Crippen molar-refractivity contribution in [3.05, 3.63) is 24.2 Å². The van der Waals surface area contributed by atoms with Crippen molar-refractivity contribution in [3.63, 3.8) is 0 Å². The molecule has 0 amide bonds. The van der Waals surface area contributed by atoms with E-state index in [9.17, 15) is 9.90 Å². The number of ketones is 1. The van der Waals surface area contributed by atoms with Gasteiger partial charge in [-0.1, -0.05) is 6.92 Å². The Morgan fingerprint density at radius 3 is 2.90 bits per heavy atom. The summed E-state index contributed by atoms with van der Waals surface area (Å²) in [7, 11) is 0. The highest BCUT2D eigenvalue weighted by Crippen LogP contribution is 2.26. The van der Waals surface area contributed by atoms with Crippen molar-refractivity contribution < 1.29 is 14.6 Å². The van der Waals surface area contributed by atoms with E-state index in [1.54, 1.807) is 26.1 Å². The molecule has 2 N–H and O–H groups in total. The monoisotopic (exact) mass is 289 g/mol. The number of H-pyrrole nitrogens is 1. The van der Waals surface area contributed by atoms with Crippen LogP contribution in [0.5, 0.6) is 5.88 Å². The van der Waals surface area contributed by atoms with Gasteiger partial charge in [0.2, 0.25) is 5.88 Å². The van der Waals surface area contributed by atoms with Gasteiger partial charge in [0.25, 0.3) is 0 Å². The highest BCUT2D eigenvalue weighted by atomic mass is 16.5. The van der Waals surface area contributed by atoms with Crippen LogP contribution >= 0.6 is 0 Å². The van der Waals surface area contributed by atoms with Gasteiger partial charge < -0.3 is 14.8 Å². The quantitative estimate of drug-likeness (QED) is 0.795. The van der Waals surface area contributed by atoms with Gasteiger partial charge in [-0.3, -0.25) is 4.79 Å². The van der Waals surface area contributed by atoms with Gasteiger partial charge in [0, 0.05) is 18.2 Å². The zero-order valence-electron chi connectivity index (χ0n) is 12.4. The van der Waals surface area contributed by atoms with Crippen LogP contribution in [0, 0.1) is 0 Å². The maximum Gasteiger partial charge on any atom is 0.226 e. The van der Waals surface area contributed by atoms with Gasteiger partial charge in [-0.05, 0) is 26.0 Å². The Morgan fingerprint density at radius 2 is 2.24 bits per heavy atom. The third kappa shape index (κ3) is 3.88. The number of aromatic amines is 1. The smallest absolute Gasteiger partial charge is 0.226 e. The van der Waals surface area contributed by atoms with Gasteiger partial charge in [0.1, 0.15) is 18.6 Å². The first kappa shape index (κ1) is 15.2. The molecule has 2 aromatic heterocycles. The van der Waals surface area contributed by atoms with E-state index in [2.05, 4.69) is 15.0 Å². The molecule has 0 saturated carbocycles. The summed E-state index contributed by atoms with van der Waals surface area (Å²) in [5.41, 5.74) is 0.444. The number of ether oxygens (including phenoxy) is 1. The molecule has 0 atom stereocenters. The first-order valence-corrected chi connectivity index (χ1v) is 6.79. The van der Waals surface area contributed by atoms with E-state index in [0.29, 0.717) is 23.3 Å². The Morgan fingerprint density at radius 1 is 1.48 bits per heavy atom. The SMILES string of the molecule is CCC(=O)C=Cc1c[nH]c2ncnc(OCC(C)(C)O)c12. The Labute approximate surface area is 122 Å². The minimum absolute atomic E-state index is 0.0418. The predicted octanol–water partition coefficient (Wildman–Crippen LogP) is 2.10. The van der Waals surface area contributed by atoms with Crippen molar-refractivity contribution in [1.29, 1.82) is 0 Å². The number of fused-ring (bicyclic) bond motifs is 1. The number of aromatic nitrogens is 3. The summed E-state index contributed by atoms with van der Waals surface area (Å²) in [4.78, 5) is 22.6. The van der Waals surface area contributed by atoms with Crippen LogP contribution in [0.2, 0.25) is 0 Å². The fraction of sp³-hybridized carbons (Fsp3) is 0.400. The molecule has 6 heteroatoms. The second kappa shape index (κ2) is 6.05. The molecule has 2 heterocycles. The van der Waals surface area contributed by atoms with Crippen LogP contribution in [-0.4, -0.2) is 38.0 Å². The zero-order valence-corrected chi connectivity index (χ0v) is 12.4. The molecule has 2 aromatic rings. The molecule has 21 heavy (non-hydrogen) atoms. The van der Waals surface area contributed by atoms with E-state index in [4.69, 9.17) is 4.74 Å². The third-order valence-corrected chi connectivity index (χ3v) is 2.82. The van der Waals surface area contributed by atoms with E-state index in [1.807, 2.05) is 6.92 Å². The minimum Gasteiger partial charge on any atom is -0.474 e.